The number of benzene rings is 1. The van der Waals surface area contributed by atoms with Gasteiger partial charge in [-0.25, -0.2) is 12.8 Å². The van der Waals surface area contributed by atoms with E-state index in [0.29, 0.717) is 5.69 Å². The molecule has 100 valence electrons. The molecular formula is C12H17FN2O2S. The van der Waals surface area contributed by atoms with Gasteiger partial charge in [-0.15, -0.1) is 0 Å². The molecule has 0 saturated carbocycles. The lowest BCUT2D eigenvalue weighted by Crippen LogP contribution is -2.44. The van der Waals surface area contributed by atoms with Crippen LogP contribution in [0.1, 0.15) is 0 Å². The van der Waals surface area contributed by atoms with E-state index >= 15 is 0 Å². The smallest absolute Gasteiger partial charge is 0.175 e. The van der Waals surface area contributed by atoms with E-state index < -0.39 is 15.7 Å². The number of piperazine rings is 1. The molecule has 1 aliphatic heterocycles. The van der Waals surface area contributed by atoms with Gasteiger partial charge in [-0.2, -0.15) is 0 Å². The zero-order valence-corrected chi connectivity index (χ0v) is 11.4. The van der Waals surface area contributed by atoms with Gasteiger partial charge in [0.1, 0.15) is 5.82 Å². The fourth-order valence-corrected chi connectivity index (χ4v) is 2.65. The number of nitrogens with zero attached hydrogens (tertiary/aromatic N) is 2. The minimum atomic E-state index is -3.35. The molecule has 0 spiro atoms. The predicted molar refractivity (Wildman–Crippen MR) is 69.2 cm³/mol. The maximum absolute atomic E-state index is 13.9. The Bertz CT molecular complexity index is 537. The average molecular weight is 272 g/mol. The highest BCUT2D eigenvalue weighted by atomic mass is 32.2. The van der Waals surface area contributed by atoms with Crippen LogP contribution in [-0.2, 0) is 9.84 Å². The molecule has 4 nitrogen and oxygen atoms in total. The van der Waals surface area contributed by atoms with Crippen LogP contribution in [0.4, 0.5) is 10.1 Å². The van der Waals surface area contributed by atoms with Crippen molar-refractivity contribution in [1.29, 1.82) is 0 Å². The van der Waals surface area contributed by atoms with Crippen molar-refractivity contribution < 1.29 is 12.8 Å². The molecule has 1 aromatic carbocycles. The van der Waals surface area contributed by atoms with E-state index in [2.05, 4.69) is 4.90 Å². The first-order valence-corrected chi connectivity index (χ1v) is 7.70. The second-order valence-electron chi connectivity index (χ2n) is 4.68. The van der Waals surface area contributed by atoms with Gasteiger partial charge in [0.05, 0.1) is 10.6 Å². The number of hydrogen-bond donors (Lipinski definition) is 0. The van der Waals surface area contributed by atoms with Crippen molar-refractivity contribution in [3.05, 3.63) is 24.0 Å². The molecule has 1 fully saturated rings. The Labute approximate surface area is 107 Å². The summed E-state index contributed by atoms with van der Waals surface area (Å²) in [7, 11) is -1.32. The van der Waals surface area contributed by atoms with E-state index in [1.54, 1.807) is 6.07 Å². The highest BCUT2D eigenvalue weighted by molar-refractivity contribution is 7.90. The zero-order valence-electron chi connectivity index (χ0n) is 10.6. The summed E-state index contributed by atoms with van der Waals surface area (Å²) in [5.41, 5.74) is 0.482. The van der Waals surface area contributed by atoms with E-state index in [1.807, 2.05) is 11.9 Å². The van der Waals surface area contributed by atoms with Gasteiger partial charge >= 0.3 is 0 Å². The van der Waals surface area contributed by atoms with Crippen LogP contribution in [0.2, 0.25) is 0 Å². The quantitative estimate of drug-likeness (QED) is 0.805. The molecule has 1 aromatic rings. The monoisotopic (exact) mass is 272 g/mol. The Hall–Kier alpha value is -1.14. The summed E-state index contributed by atoms with van der Waals surface area (Å²) in [6, 6.07) is 4.12. The van der Waals surface area contributed by atoms with E-state index in [4.69, 9.17) is 0 Å². The molecule has 0 N–H and O–H groups in total. The van der Waals surface area contributed by atoms with Crippen LogP contribution in [0, 0.1) is 5.82 Å². The van der Waals surface area contributed by atoms with Crippen LogP contribution in [0.25, 0.3) is 0 Å². The molecule has 1 heterocycles. The average Bonchev–Trinajstić information content (AvgIpc) is 2.29. The van der Waals surface area contributed by atoms with Crippen LogP contribution < -0.4 is 4.90 Å². The normalized spacial score (nSPS) is 18.1. The van der Waals surface area contributed by atoms with Crippen molar-refractivity contribution in [2.45, 2.75) is 4.90 Å². The minimum absolute atomic E-state index is 0.0258. The van der Waals surface area contributed by atoms with Gasteiger partial charge in [0, 0.05) is 32.4 Å². The molecule has 1 saturated heterocycles. The lowest BCUT2D eigenvalue weighted by atomic mass is 10.2. The van der Waals surface area contributed by atoms with Crippen molar-refractivity contribution >= 4 is 15.5 Å². The van der Waals surface area contributed by atoms with Gasteiger partial charge in [0.25, 0.3) is 0 Å². The van der Waals surface area contributed by atoms with Gasteiger partial charge in [0.15, 0.2) is 9.84 Å². The lowest BCUT2D eigenvalue weighted by Gasteiger charge is -2.34. The Morgan fingerprint density at radius 3 is 2.28 bits per heavy atom. The van der Waals surface area contributed by atoms with Gasteiger partial charge < -0.3 is 9.80 Å². The van der Waals surface area contributed by atoms with Crippen molar-refractivity contribution in [3.63, 3.8) is 0 Å². The van der Waals surface area contributed by atoms with Crippen LogP contribution in [-0.4, -0.2) is 52.8 Å². The maximum Gasteiger partial charge on any atom is 0.175 e. The first-order chi connectivity index (χ1) is 8.38. The molecule has 18 heavy (non-hydrogen) atoms. The van der Waals surface area contributed by atoms with Gasteiger partial charge in [-0.05, 0) is 25.2 Å². The summed E-state index contributed by atoms with van der Waals surface area (Å²) in [5.74, 6) is -0.470. The summed E-state index contributed by atoms with van der Waals surface area (Å²) in [6.07, 6.45) is 1.08. The lowest BCUT2D eigenvalue weighted by molar-refractivity contribution is 0.311. The Morgan fingerprint density at radius 1 is 1.17 bits per heavy atom. The SMILES string of the molecule is CN1CCN(c2ccc(S(C)(=O)=O)cc2F)CC1. The maximum atomic E-state index is 13.9. The summed E-state index contributed by atoms with van der Waals surface area (Å²) in [4.78, 5) is 4.15. The Morgan fingerprint density at radius 2 is 1.78 bits per heavy atom. The molecule has 2 rings (SSSR count). The van der Waals surface area contributed by atoms with E-state index in [1.165, 1.54) is 6.07 Å². The molecule has 0 bridgehead atoms. The highest BCUT2D eigenvalue weighted by Gasteiger charge is 2.18. The van der Waals surface area contributed by atoms with Crippen molar-refractivity contribution in [2.24, 2.45) is 0 Å². The van der Waals surface area contributed by atoms with Gasteiger partial charge in [-0.3, -0.25) is 0 Å². The largest absolute Gasteiger partial charge is 0.367 e. The third kappa shape index (κ3) is 2.81. The standard InChI is InChI=1S/C12H17FN2O2S/c1-14-5-7-15(8-6-14)12-4-3-10(9-11(12)13)18(2,16)17/h3-4,9H,5-8H2,1-2H3. The highest BCUT2D eigenvalue weighted by Crippen LogP contribution is 2.23. The molecule has 0 unspecified atom stereocenters. The molecule has 0 aromatic heterocycles. The number of anilines is 1. The van der Waals surface area contributed by atoms with Crippen molar-refractivity contribution in [2.75, 3.05) is 44.4 Å². The van der Waals surface area contributed by atoms with E-state index in [9.17, 15) is 12.8 Å². The molecule has 0 atom stereocenters. The van der Waals surface area contributed by atoms with Crippen molar-refractivity contribution in [1.82, 2.24) is 4.90 Å². The summed E-state index contributed by atoms with van der Waals surface area (Å²) < 4.78 is 36.6. The number of hydrogen-bond acceptors (Lipinski definition) is 4. The predicted octanol–water partition coefficient (Wildman–Crippen LogP) is 0.981. The van der Waals surface area contributed by atoms with Crippen molar-refractivity contribution in [3.8, 4) is 0 Å². The minimum Gasteiger partial charge on any atom is -0.367 e. The fraction of sp³-hybridized carbons (Fsp3) is 0.500. The molecule has 0 aliphatic carbocycles. The van der Waals surface area contributed by atoms with Gasteiger partial charge in [0.2, 0.25) is 0 Å². The Kier molecular flexibility index (Phi) is 3.59. The molecular weight excluding hydrogens is 255 g/mol. The summed E-state index contributed by atoms with van der Waals surface area (Å²) in [5, 5.41) is 0. The number of rotatable bonds is 2. The second-order valence-corrected chi connectivity index (χ2v) is 6.69. The second kappa shape index (κ2) is 4.85. The number of sulfone groups is 1. The zero-order chi connectivity index (χ0) is 13.3. The molecule has 0 radical (unpaired) electrons. The van der Waals surface area contributed by atoms with Crippen LogP contribution >= 0.6 is 0 Å². The molecule has 0 amide bonds. The third-order valence-electron chi connectivity index (χ3n) is 3.19. The van der Waals surface area contributed by atoms with Gasteiger partial charge in [-0.1, -0.05) is 0 Å². The van der Waals surface area contributed by atoms with E-state index in [0.717, 1.165) is 38.5 Å². The van der Waals surface area contributed by atoms with Crippen LogP contribution in [0.3, 0.4) is 0 Å². The first-order valence-electron chi connectivity index (χ1n) is 5.81. The molecule has 1 aliphatic rings. The summed E-state index contributed by atoms with van der Waals surface area (Å²) in [6.45, 7) is 3.28. The fourth-order valence-electron chi connectivity index (χ4n) is 2.02. The Balaban J connectivity index is 2.25. The molecule has 6 heteroatoms. The van der Waals surface area contributed by atoms with Crippen LogP contribution in [0.5, 0.6) is 0 Å². The summed E-state index contributed by atoms with van der Waals surface area (Å²) >= 11 is 0. The first kappa shape index (κ1) is 13.3. The van der Waals surface area contributed by atoms with Crippen LogP contribution in [0.15, 0.2) is 23.1 Å². The third-order valence-corrected chi connectivity index (χ3v) is 4.30. The topological polar surface area (TPSA) is 40.6 Å². The van der Waals surface area contributed by atoms with E-state index in [-0.39, 0.29) is 4.90 Å². The number of likely N-dealkylation sites (N-methyl/N-ethyl adjacent to an activating group) is 1. The number of halogens is 1.